The lowest BCUT2D eigenvalue weighted by molar-refractivity contribution is 0.226. The summed E-state index contributed by atoms with van der Waals surface area (Å²) in [7, 11) is 0. The summed E-state index contributed by atoms with van der Waals surface area (Å²) < 4.78 is 11.1. The Labute approximate surface area is 137 Å². The summed E-state index contributed by atoms with van der Waals surface area (Å²) >= 11 is 1.68. The molecule has 0 saturated carbocycles. The van der Waals surface area contributed by atoms with Gasteiger partial charge in [0.05, 0.1) is 12.8 Å². The topological polar surface area (TPSA) is 71.4 Å². The van der Waals surface area contributed by atoms with Crippen LogP contribution in [0.5, 0.6) is 0 Å². The molecule has 3 aromatic heterocycles. The predicted molar refractivity (Wildman–Crippen MR) is 86.3 cm³/mol. The number of anilines is 1. The van der Waals surface area contributed by atoms with Gasteiger partial charge in [-0.15, -0.1) is 21.5 Å². The minimum Gasteiger partial charge on any atom is -0.459 e. The normalized spacial score (nSPS) is 16.1. The minimum absolute atomic E-state index is 0.448. The Morgan fingerprint density at radius 2 is 2.09 bits per heavy atom. The van der Waals surface area contributed by atoms with E-state index in [1.54, 1.807) is 17.6 Å². The number of hydrogen-bond donors (Lipinski definition) is 0. The summed E-state index contributed by atoms with van der Waals surface area (Å²) in [5.41, 5.74) is 0.997. The number of hydrogen-bond acceptors (Lipinski definition) is 8. The molecule has 3 aromatic rings. The van der Waals surface area contributed by atoms with E-state index in [9.17, 15) is 0 Å². The van der Waals surface area contributed by atoms with Crippen LogP contribution in [0, 0.1) is 6.92 Å². The zero-order valence-corrected chi connectivity index (χ0v) is 13.6. The van der Waals surface area contributed by atoms with E-state index in [2.05, 4.69) is 25.0 Å². The molecule has 0 atom stereocenters. The molecule has 4 heterocycles. The average molecular weight is 331 g/mol. The van der Waals surface area contributed by atoms with Gasteiger partial charge >= 0.3 is 0 Å². The van der Waals surface area contributed by atoms with Crippen LogP contribution in [0.3, 0.4) is 0 Å². The summed E-state index contributed by atoms with van der Waals surface area (Å²) in [4.78, 5) is 8.99. The largest absolute Gasteiger partial charge is 0.459 e. The third-order valence-corrected chi connectivity index (χ3v) is 4.78. The molecule has 7 nitrogen and oxygen atoms in total. The van der Waals surface area contributed by atoms with E-state index in [-0.39, 0.29) is 0 Å². The molecule has 1 aliphatic heterocycles. The Hall–Kier alpha value is -2.19. The number of thiazole rings is 1. The van der Waals surface area contributed by atoms with Crippen molar-refractivity contribution in [3.8, 4) is 11.7 Å². The molecule has 1 saturated heterocycles. The molecule has 0 aliphatic carbocycles. The van der Waals surface area contributed by atoms with Crippen LogP contribution in [0.15, 0.2) is 32.7 Å². The third-order valence-electron chi connectivity index (χ3n) is 3.94. The molecule has 0 spiro atoms. The van der Waals surface area contributed by atoms with Crippen LogP contribution in [0.1, 0.15) is 11.5 Å². The summed E-state index contributed by atoms with van der Waals surface area (Å²) in [5, 5.41) is 11.3. The fourth-order valence-electron chi connectivity index (χ4n) is 2.66. The van der Waals surface area contributed by atoms with E-state index in [1.165, 1.54) is 0 Å². The molecule has 1 aliphatic rings. The molecule has 1 fully saturated rings. The molecule has 0 radical (unpaired) electrons. The lowest BCUT2D eigenvalue weighted by Gasteiger charge is -2.33. The second-order valence-corrected chi connectivity index (χ2v) is 6.38. The Morgan fingerprint density at radius 1 is 1.22 bits per heavy atom. The van der Waals surface area contributed by atoms with Gasteiger partial charge in [-0.25, -0.2) is 4.98 Å². The number of aromatic nitrogens is 3. The van der Waals surface area contributed by atoms with E-state index < -0.39 is 0 Å². The predicted octanol–water partition coefficient (Wildman–Crippen LogP) is 2.42. The molecule has 0 aromatic carbocycles. The minimum atomic E-state index is 0.448. The number of piperazine rings is 1. The molecular formula is C15H17N5O2S. The third kappa shape index (κ3) is 2.99. The van der Waals surface area contributed by atoms with E-state index >= 15 is 0 Å². The second-order valence-electron chi connectivity index (χ2n) is 5.51. The fraction of sp³-hybridized carbons (Fsp3) is 0.400. The molecule has 0 unspecified atom stereocenters. The van der Waals surface area contributed by atoms with Gasteiger partial charge < -0.3 is 13.7 Å². The van der Waals surface area contributed by atoms with Crippen LogP contribution in [0.2, 0.25) is 0 Å². The zero-order valence-electron chi connectivity index (χ0n) is 12.8. The van der Waals surface area contributed by atoms with Gasteiger partial charge in [0, 0.05) is 43.3 Å². The smallest absolute Gasteiger partial charge is 0.283 e. The molecule has 120 valence electrons. The molecular weight excluding hydrogens is 314 g/mol. The van der Waals surface area contributed by atoms with Gasteiger partial charge in [-0.3, -0.25) is 4.90 Å². The summed E-state index contributed by atoms with van der Waals surface area (Å²) in [6.07, 6.45) is 3.48. The van der Waals surface area contributed by atoms with Crippen molar-refractivity contribution >= 4 is 16.5 Å². The molecule has 0 N–H and O–H groups in total. The fourth-order valence-corrected chi connectivity index (χ4v) is 3.36. The van der Waals surface area contributed by atoms with Crippen LogP contribution in [0.25, 0.3) is 11.7 Å². The van der Waals surface area contributed by atoms with Gasteiger partial charge in [0.2, 0.25) is 5.89 Å². The van der Waals surface area contributed by atoms with Crippen LogP contribution in [0.4, 0.5) is 5.13 Å². The van der Waals surface area contributed by atoms with Crippen molar-refractivity contribution in [2.75, 3.05) is 31.1 Å². The molecule has 0 amide bonds. The highest BCUT2D eigenvalue weighted by molar-refractivity contribution is 7.13. The maximum Gasteiger partial charge on any atom is 0.283 e. The Balaban J connectivity index is 1.37. The van der Waals surface area contributed by atoms with Crippen molar-refractivity contribution < 1.29 is 8.83 Å². The first kappa shape index (κ1) is 14.4. The first-order valence-electron chi connectivity index (χ1n) is 7.53. The van der Waals surface area contributed by atoms with Gasteiger partial charge in [0.1, 0.15) is 0 Å². The van der Waals surface area contributed by atoms with Crippen LogP contribution in [-0.2, 0) is 6.54 Å². The number of aryl methyl sites for hydroxylation is 1. The number of rotatable bonds is 4. The number of furan rings is 1. The Morgan fingerprint density at radius 3 is 2.78 bits per heavy atom. The van der Waals surface area contributed by atoms with Gasteiger partial charge in [0.15, 0.2) is 10.9 Å². The monoisotopic (exact) mass is 331 g/mol. The average Bonchev–Trinajstić information content (AvgIpc) is 3.29. The summed E-state index contributed by atoms with van der Waals surface area (Å²) in [6, 6.07) is 1.89. The maximum absolute atomic E-state index is 5.73. The Kier molecular flexibility index (Phi) is 3.84. The molecule has 23 heavy (non-hydrogen) atoms. The van der Waals surface area contributed by atoms with Crippen molar-refractivity contribution in [2.45, 2.75) is 13.5 Å². The highest BCUT2D eigenvalue weighted by atomic mass is 32.1. The molecule has 0 bridgehead atoms. The first-order chi connectivity index (χ1) is 11.3. The highest BCUT2D eigenvalue weighted by Gasteiger charge is 2.21. The van der Waals surface area contributed by atoms with Crippen molar-refractivity contribution in [1.29, 1.82) is 0 Å². The van der Waals surface area contributed by atoms with Crippen molar-refractivity contribution in [3.63, 3.8) is 0 Å². The molecule has 8 heteroatoms. The maximum atomic E-state index is 5.73. The van der Waals surface area contributed by atoms with Crippen molar-refractivity contribution in [3.05, 3.63) is 35.4 Å². The van der Waals surface area contributed by atoms with E-state index in [4.69, 9.17) is 8.83 Å². The van der Waals surface area contributed by atoms with E-state index in [1.807, 2.05) is 24.6 Å². The lowest BCUT2D eigenvalue weighted by atomic mass is 10.3. The number of nitrogens with zero attached hydrogens (tertiary/aromatic N) is 5. The van der Waals surface area contributed by atoms with Gasteiger partial charge in [-0.1, -0.05) is 0 Å². The zero-order chi connectivity index (χ0) is 15.6. The van der Waals surface area contributed by atoms with Gasteiger partial charge in [-0.05, 0) is 13.0 Å². The van der Waals surface area contributed by atoms with Crippen LogP contribution in [-0.4, -0.2) is 46.3 Å². The van der Waals surface area contributed by atoms with Crippen LogP contribution >= 0.6 is 11.3 Å². The summed E-state index contributed by atoms with van der Waals surface area (Å²) in [6.45, 7) is 6.46. The SMILES string of the molecule is Cc1ccoc1-c1nnc(CN2CCN(c3nccs3)CC2)o1. The van der Waals surface area contributed by atoms with Crippen LogP contribution < -0.4 is 4.90 Å². The van der Waals surface area contributed by atoms with Crippen molar-refractivity contribution in [1.82, 2.24) is 20.1 Å². The lowest BCUT2D eigenvalue weighted by Crippen LogP contribution is -2.46. The molecule has 4 rings (SSSR count). The van der Waals surface area contributed by atoms with E-state index in [0.717, 1.165) is 36.9 Å². The second kappa shape index (κ2) is 6.13. The van der Waals surface area contributed by atoms with Gasteiger partial charge in [0.25, 0.3) is 5.89 Å². The van der Waals surface area contributed by atoms with E-state index in [0.29, 0.717) is 24.1 Å². The Bertz CT molecular complexity index is 759. The first-order valence-corrected chi connectivity index (χ1v) is 8.41. The van der Waals surface area contributed by atoms with Gasteiger partial charge in [-0.2, -0.15) is 0 Å². The van der Waals surface area contributed by atoms with Crippen molar-refractivity contribution in [2.24, 2.45) is 0 Å². The summed E-state index contributed by atoms with van der Waals surface area (Å²) in [5.74, 6) is 1.72. The quantitative estimate of drug-likeness (QED) is 0.727. The standard InChI is InChI=1S/C15H17N5O2S/c1-11-2-8-21-13(11)14-18-17-12(22-14)10-19-4-6-20(7-5-19)15-16-3-9-23-15/h2-3,8-9H,4-7,10H2,1H3. The highest BCUT2D eigenvalue weighted by Crippen LogP contribution is 2.24.